The van der Waals surface area contributed by atoms with E-state index < -0.39 is 0 Å². The number of anilines is 1. The molecule has 3 aromatic heterocycles. The van der Waals surface area contributed by atoms with Gasteiger partial charge in [-0.25, -0.2) is 14.6 Å². The van der Waals surface area contributed by atoms with E-state index in [1.54, 1.807) is 33.0 Å². The van der Waals surface area contributed by atoms with Gasteiger partial charge in [0.1, 0.15) is 5.39 Å². The molecule has 0 spiro atoms. The zero-order chi connectivity index (χ0) is 20.0. The second kappa shape index (κ2) is 7.29. The van der Waals surface area contributed by atoms with E-state index in [2.05, 4.69) is 20.4 Å². The molecule has 0 fully saturated rings. The number of thioether (sulfide) groups is 1. The summed E-state index contributed by atoms with van der Waals surface area (Å²) in [5, 5.41) is 11.0. The van der Waals surface area contributed by atoms with E-state index in [-0.39, 0.29) is 23.9 Å². The van der Waals surface area contributed by atoms with E-state index in [0.717, 1.165) is 5.69 Å². The van der Waals surface area contributed by atoms with Crippen molar-refractivity contribution in [3.8, 4) is 5.69 Å². The minimum absolute atomic E-state index is 0.176. The number of benzene rings is 1. The molecule has 8 nitrogen and oxygen atoms in total. The number of hydrogen-bond acceptors (Lipinski definition) is 7. The molecule has 1 amide bonds. The Labute approximate surface area is 177 Å². The number of thiazole rings is 1. The van der Waals surface area contributed by atoms with Crippen LogP contribution in [-0.4, -0.2) is 36.0 Å². The van der Waals surface area contributed by atoms with Gasteiger partial charge >= 0.3 is 0 Å². The summed E-state index contributed by atoms with van der Waals surface area (Å²) >= 11 is 8.89. The predicted molar refractivity (Wildman–Crippen MR) is 113 cm³/mol. The summed E-state index contributed by atoms with van der Waals surface area (Å²) in [6, 6.07) is 6.93. The topological polar surface area (TPSA) is 94.7 Å². The van der Waals surface area contributed by atoms with Crippen molar-refractivity contribution in [1.82, 2.24) is 24.3 Å². The lowest BCUT2D eigenvalue weighted by Crippen LogP contribution is -2.27. The van der Waals surface area contributed by atoms with Gasteiger partial charge in [0.05, 0.1) is 17.9 Å². The van der Waals surface area contributed by atoms with Crippen LogP contribution in [-0.2, 0) is 4.79 Å². The van der Waals surface area contributed by atoms with Crippen molar-refractivity contribution in [3.63, 3.8) is 0 Å². The summed E-state index contributed by atoms with van der Waals surface area (Å²) in [5.74, 6) is 0.421. The van der Waals surface area contributed by atoms with Gasteiger partial charge < -0.3 is 5.32 Å². The zero-order valence-corrected chi connectivity index (χ0v) is 17.2. The first-order valence-electron chi connectivity index (χ1n) is 8.68. The first-order valence-corrected chi connectivity index (χ1v) is 10.9. The summed E-state index contributed by atoms with van der Waals surface area (Å²) in [6.07, 6.45) is 3.31. The van der Waals surface area contributed by atoms with Crippen LogP contribution in [0, 0.1) is 0 Å². The lowest BCUT2D eigenvalue weighted by Gasteiger charge is -2.12. The van der Waals surface area contributed by atoms with Crippen LogP contribution in [0.15, 0.2) is 52.0 Å². The molecule has 0 radical (unpaired) electrons. The van der Waals surface area contributed by atoms with E-state index in [4.69, 9.17) is 11.6 Å². The van der Waals surface area contributed by atoms with Crippen molar-refractivity contribution in [2.75, 3.05) is 11.1 Å². The van der Waals surface area contributed by atoms with Crippen LogP contribution in [0.1, 0.15) is 12.5 Å². The monoisotopic (exact) mass is 444 g/mol. The van der Waals surface area contributed by atoms with Crippen molar-refractivity contribution in [3.05, 3.63) is 57.4 Å². The average Bonchev–Trinajstić information content (AvgIpc) is 3.42. The number of carbonyl (C=O) groups excluding carboxylic acids is 1. The molecular formula is C18H13ClN6O2S2. The highest BCUT2D eigenvalue weighted by molar-refractivity contribution is 7.99. The summed E-state index contributed by atoms with van der Waals surface area (Å²) in [5.41, 5.74) is 1.01. The van der Waals surface area contributed by atoms with Crippen molar-refractivity contribution in [2.24, 2.45) is 0 Å². The first-order chi connectivity index (χ1) is 14.1. The van der Waals surface area contributed by atoms with Crippen molar-refractivity contribution in [2.45, 2.75) is 17.6 Å². The summed E-state index contributed by atoms with van der Waals surface area (Å²) in [6.45, 7) is 0. The number of rotatable bonds is 4. The number of nitrogens with one attached hydrogen (secondary N) is 1. The summed E-state index contributed by atoms with van der Waals surface area (Å²) < 4.78 is 3.20. The van der Waals surface area contributed by atoms with Crippen LogP contribution in [0.4, 0.5) is 5.13 Å². The maximum Gasteiger partial charge on any atom is 0.265 e. The number of carbonyl (C=O) groups is 1. The van der Waals surface area contributed by atoms with Gasteiger partial charge in [0.15, 0.2) is 15.9 Å². The van der Waals surface area contributed by atoms with Crippen molar-refractivity contribution >= 4 is 56.8 Å². The molecule has 1 aliphatic rings. The van der Waals surface area contributed by atoms with Gasteiger partial charge in [0.25, 0.3) is 5.56 Å². The molecule has 0 unspecified atom stereocenters. The minimum atomic E-state index is -0.270. The van der Waals surface area contributed by atoms with Crippen molar-refractivity contribution in [1.29, 1.82) is 0 Å². The number of fused-ring (bicyclic) bond motifs is 2. The molecule has 0 aliphatic carbocycles. The van der Waals surface area contributed by atoms with Gasteiger partial charge in [0, 0.05) is 28.8 Å². The molecule has 4 heterocycles. The number of amides is 1. The summed E-state index contributed by atoms with van der Waals surface area (Å²) in [4.78, 5) is 34.2. The highest BCUT2D eigenvalue weighted by Gasteiger charge is 2.29. The Hall–Kier alpha value is -2.69. The Bertz CT molecular complexity index is 1280. The van der Waals surface area contributed by atoms with E-state index in [1.807, 2.05) is 12.1 Å². The molecule has 1 aliphatic heterocycles. The fourth-order valence-electron chi connectivity index (χ4n) is 3.25. The molecule has 11 heteroatoms. The first kappa shape index (κ1) is 18.3. The van der Waals surface area contributed by atoms with E-state index in [0.29, 0.717) is 32.1 Å². The van der Waals surface area contributed by atoms with E-state index in [9.17, 15) is 9.59 Å². The van der Waals surface area contributed by atoms with Gasteiger partial charge in [-0.2, -0.15) is 5.10 Å². The number of aromatic nitrogens is 5. The fraction of sp³-hybridized carbons (Fsp3) is 0.167. The highest BCUT2D eigenvalue weighted by Crippen LogP contribution is 2.33. The third-order valence-electron chi connectivity index (χ3n) is 4.52. The highest BCUT2D eigenvalue weighted by atomic mass is 35.5. The standard InChI is InChI=1S/C18H13ClN6O2S2/c19-10-2-1-3-11(6-10)25-15-13(8-21-25)16(27)24-12(9-29-18(24)23-15)7-14(26)22-17-20-4-5-28-17/h1-6,8,12H,7,9H2,(H,20,22,26)/t12-/m1/s1. The Morgan fingerprint density at radius 3 is 3.07 bits per heavy atom. The number of nitrogens with zero attached hydrogens (tertiary/aromatic N) is 5. The van der Waals surface area contributed by atoms with Gasteiger partial charge in [0.2, 0.25) is 5.91 Å². The molecule has 29 heavy (non-hydrogen) atoms. The van der Waals surface area contributed by atoms with E-state index >= 15 is 0 Å². The fourth-order valence-corrected chi connectivity index (χ4v) is 5.11. The zero-order valence-electron chi connectivity index (χ0n) is 14.8. The van der Waals surface area contributed by atoms with Crippen LogP contribution < -0.4 is 10.9 Å². The Balaban J connectivity index is 1.49. The van der Waals surface area contributed by atoms with Crippen molar-refractivity contribution < 1.29 is 4.79 Å². The summed E-state index contributed by atoms with van der Waals surface area (Å²) in [7, 11) is 0. The molecule has 1 N–H and O–H groups in total. The molecule has 0 saturated carbocycles. The molecule has 5 rings (SSSR count). The quantitative estimate of drug-likeness (QED) is 0.485. The Morgan fingerprint density at radius 2 is 2.28 bits per heavy atom. The minimum Gasteiger partial charge on any atom is -0.302 e. The Kier molecular flexibility index (Phi) is 4.61. The molecule has 1 atom stereocenters. The van der Waals surface area contributed by atoms with Crippen LogP contribution in [0.5, 0.6) is 0 Å². The van der Waals surface area contributed by atoms with Gasteiger partial charge in [-0.3, -0.25) is 14.2 Å². The van der Waals surface area contributed by atoms with E-state index in [1.165, 1.54) is 29.3 Å². The Morgan fingerprint density at radius 1 is 1.38 bits per heavy atom. The third-order valence-corrected chi connectivity index (χ3v) is 6.54. The van der Waals surface area contributed by atoms with Gasteiger partial charge in [-0.05, 0) is 18.2 Å². The molecule has 4 aromatic rings. The average molecular weight is 445 g/mol. The maximum atomic E-state index is 13.1. The van der Waals surface area contributed by atoms with Gasteiger partial charge in [-0.15, -0.1) is 11.3 Å². The SMILES string of the molecule is O=C(C[C@@H]1CSc2nc3c(cnn3-c3cccc(Cl)c3)c(=O)n21)Nc1nccs1. The molecule has 0 bridgehead atoms. The molecule has 146 valence electrons. The number of hydrogen-bond donors (Lipinski definition) is 1. The normalized spacial score (nSPS) is 15.6. The van der Waals surface area contributed by atoms with Crippen LogP contribution in [0.25, 0.3) is 16.7 Å². The second-order valence-corrected chi connectivity index (χ2v) is 8.72. The van der Waals surface area contributed by atoms with Gasteiger partial charge in [-0.1, -0.05) is 29.4 Å². The molecule has 1 aromatic carbocycles. The predicted octanol–water partition coefficient (Wildman–Crippen LogP) is 3.37. The lowest BCUT2D eigenvalue weighted by molar-refractivity contribution is -0.116. The van der Waals surface area contributed by atoms with Crippen LogP contribution >= 0.6 is 34.7 Å². The number of halogens is 1. The molecular weight excluding hydrogens is 432 g/mol. The van der Waals surface area contributed by atoms with Crippen LogP contribution in [0.2, 0.25) is 5.02 Å². The largest absolute Gasteiger partial charge is 0.302 e. The molecule has 0 saturated heterocycles. The smallest absolute Gasteiger partial charge is 0.265 e. The lowest BCUT2D eigenvalue weighted by atomic mass is 10.2. The third kappa shape index (κ3) is 3.33. The maximum absolute atomic E-state index is 13.1. The second-order valence-electron chi connectivity index (χ2n) is 6.40. The van der Waals surface area contributed by atoms with Crippen LogP contribution in [0.3, 0.4) is 0 Å².